The second-order valence-electron chi connectivity index (χ2n) is 7.24. The topological polar surface area (TPSA) is 97.1 Å². The molecule has 0 radical (unpaired) electrons. The smallest absolute Gasteiger partial charge is 0.258 e. The standard InChI is InChI=1S/C17H26N4O3S/c1-11-7-8-13(25(22,23)21-17(3,4)5)10-14(11)16-19-15(20-24-16)9-12(2)18-6/h7-8,10,12,18,21H,9H2,1-6H3. The van der Waals surface area contributed by atoms with Crippen LogP contribution in [0.25, 0.3) is 11.5 Å². The van der Waals surface area contributed by atoms with E-state index in [-0.39, 0.29) is 10.9 Å². The molecule has 0 saturated heterocycles. The molecule has 0 spiro atoms. The summed E-state index contributed by atoms with van der Waals surface area (Å²) >= 11 is 0. The van der Waals surface area contributed by atoms with Crippen LogP contribution in [0.15, 0.2) is 27.6 Å². The fraction of sp³-hybridized carbons (Fsp3) is 0.529. The van der Waals surface area contributed by atoms with Gasteiger partial charge in [-0.2, -0.15) is 4.98 Å². The van der Waals surface area contributed by atoms with Crippen molar-refractivity contribution >= 4 is 10.0 Å². The van der Waals surface area contributed by atoms with Crippen molar-refractivity contribution < 1.29 is 12.9 Å². The Morgan fingerprint density at radius 1 is 1.28 bits per heavy atom. The van der Waals surface area contributed by atoms with E-state index in [9.17, 15) is 8.42 Å². The van der Waals surface area contributed by atoms with Crippen molar-refractivity contribution in [3.63, 3.8) is 0 Å². The van der Waals surface area contributed by atoms with Crippen molar-refractivity contribution in [1.29, 1.82) is 0 Å². The third-order valence-corrected chi connectivity index (χ3v) is 5.40. The van der Waals surface area contributed by atoms with Gasteiger partial charge in [0, 0.05) is 23.6 Å². The quantitative estimate of drug-likeness (QED) is 0.814. The summed E-state index contributed by atoms with van der Waals surface area (Å²) < 4.78 is 33.1. The van der Waals surface area contributed by atoms with Gasteiger partial charge in [0.2, 0.25) is 10.0 Å². The molecular weight excluding hydrogens is 340 g/mol. The average molecular weight is 366 g/mol. The number of aromatic nitrogens is 2. The highest BCUT2D eigenvalue weighted by Crippen LogP contribution is 2.26. The molecule has 2 N–H and O–H groups in total. The lowest BCUT2D eigenvalue weighted by atomic mass is 10.1. The molecule has 2 aromatic rings. The Morgan fingerprint density at radius 3 is 2.56 bits per heavy atom. The molecule has 138 valence electrons. The fourth-order valence-electron chi connectivity index (χ4n) is 2.28. The molecule has 0 aliphatic carbocycles. The number of sulfonamides is 1. The Hall–Kier alpha value is -1.77. The molecule has 1 atom stereocenters. The molecule has 1 aromatic heterocycles. The summed E-state index contributed by atoms with van der Waals surface area (Å²) in [6.07, 6.45) is 0.628. The van der Waals surface area contributed by atoms with Crippen molar-refractivity contribution in [1.82, 2.24) is 20.2 Å². The van der Waals surface area contributed by atoms with E-state index in [2.05, 4.69) is 20.2 Å². The molecule has 0 bridgehead atoms. The average Bonchev–Trinajstić information content (AvgIpc) is 2.93. The van der Waals surface area contributed by atoms with Crippen molar-refractivity contribution in [3.05, 3.63) is 29.6 Å². The largest absolute Gasteiger partial charge is 0.334 e. The lowest BCUT2D eigenvalue weighted by molar-refractivity contribution is 0.418. The molecule has 8 heteroatoms. The number of aryl methyl sites for hydroxylation is 1. The van der Waals surface area contributed by atoms with Crippen molar-refractivity contribution in [3.8, 4) is 11.5 Å². The summed E-state index contributed by atoms with van der Waals surface area (Å²) in [6.45, 7) is 9.29. The van der Waals surface area contributed by atoms with Gasteiger partial charge in [-0.1, -0.05) is 11.2 Å². The van der Waals surface area contributed by atoms with Gasteiger partial charge >= 0.3 is 0 Å². The minimum Gasteiger partial charge on any atom is -0.334 e. The SMILES string of the molecule is CNC(C)Cc1noc(-c2cc(S(=O)(=O)NC(C)(C)C)ccc2C)n1. The van der Waals surface area contributed by atoms with E-state index in [0.717, 1.165) is 5.56 Å². The van der Waals surface area contributed by atoms with Crippen LogP contribution >= 0.6 is 0 Å². The molecule has 7 nitrogen and oxygen atoms in total. The van der Waals surface area contributed by atoms with Crippen LogP contribution in [0, 0.1) is 6.92 Å². The summed E-state index contributed by atoms with van der Waals surface area (Å²) in [5.74, 6) is 0.904. The van der Waals surface area contributed by atoms with Crippen molar-refractivity contribution in [2.45, 2.75) is 57.5 Å². The number of hydrogen-bond acceptors (Lipinski definition) is 6. The highest BCUT2D eigenvalue weighted by molar-refractivity contribution is 7.89. The van der Waals surface area contributed by atoms with Crippen LogP contribution in [0.3, 0.4) is 0 Å². The van der Waals surface area contributed by atoms with Gasteiger partial charge in [-0.3, -0.25) is 0 Å². The van der Waals surface area contributed by atoms with E-state index < -0.39 is 15.6 Å². The second-order valence-corrected chi connectivity index (χ2v) is 8.92. The van der Waals surface area contributed by atoms with E-state index >= 15 is 0 Å². The Bertz CT molecular complexity index is 838. The first kappa shape index (κ1) is 19.6. The van der Waals surface area contributed by atoms with Crippen molar-refractivity contribution in [2.75, 3.05) is 7.05 Å². The summed E-state index contributed by atoms with van der Waals surface area (Å²) in [4.78, 5) is 4.57. The Kier molecular flexibility index (Phi) is 5.65. The zero-order chi connectivity index (χ0) is 18.8. The molecule has 1 unspecified atom stereocenters. The van der Waals surface area contributed by atoms with Gasteiger partial charge in [-0.15, -0.1) is 0 Å². The number of nitrogens with one attached hydrogen (secondary N) is 2. The van der Waals surface area contributed by atoms with Crippen LogP contribution in [-0.2, 0) is 16.4 Å². The maximum absolute atomic E-state index is 12.5. The monoisotopic (exact) mass is 366 g/mol. The van der Waals surface area contributed by atoms with Crippen LogP contribution in [0.5, 0.6) is 0 Å². The molecule has 1 heterocycles. The maximum Gasteiger partial charge on any atom is 0.258 e. The summed E-state index contributed by atoms with van der Waals surface area (Å²) in [5, 5.41) is 7.10. The normalized spacial score (nSPS) is 13.8. The van der Waals surface area contributed by atoms with E-state index in [1.165, 1.54) is 0 Å². The second kappa shape index (κ2) is 7.23. The number of rotatable bonds is 6. The first-order valence-corrected chi connectivity index (χ1v) is 9.65. The molecule has 0 amide bonds. The van der Waals surface area contributed by atoms with E-state index in [0.29, 0.717) is 23.7 Å². The van der Waals surface area contributed by atoms with E-state index in [1.54, 1.807) is 39.0 Å². The fourth-order valence-corrected chi connectivity index (χ4v) is 3.73. The Labute approximate surface area is 149 Å². The minimum atomic E-state index is -3.63. The third kappa shape index (κ3) is 5.10. The van der Waals surface area contributed by atoms with Gasteiger partial charge < -0.3 is 9.84 Å². The van der Waals surface area contributed by atoms with Gasteiger partial charge in [0.05, 0.1) is 4.90 Å². The molecule has 0 saturated carbocycles. The highest BCUT2D eigenvalue weighted by Gasteiger charge is 2.23. The predicted octanol–water partition coefficient (Wildman–Crippen LogP) is 2.27. The maximum atomic E-state index is 12.5. The number of benzene rings is 1. The van der Waals surface area contributed by atoms with Gasteiger partial charge in [-0.25, -0.2) is 13.1 Å². The van der Waals surface area contributed by atoms with Crippen LogP contribution < -0.4 is 10.0 Å². The van der Waals surface area contributed by atoms with Gasteiger partial charge in [0.1, 0.15) is 0 Å². The molecule has 0 fully saturated rings. The first-order valence-electron chi connectivity index (χ1n) is 8.16. The Balaban J connectivity index is 2.37. The molecular formula is C17H26N4O3S. The summed E-state index contributed by atoms with van der Waals surface area (Å²) in [6, 6.07) is 5.11. The van der Waals surface area contributed by atoms with Crippen LogP contribution in [0.2, 0.25) is 0 Å². The zero-order valence-corrected chi connectivity index (χ0v) is 16.4. The van der Waals surface area contributed by atoms with Crippen LogP contribution in [0.1, 0.15) is 39.1 Å². The molecule has 0 aliphatic heterocycles. The third-order valence-electron chi connectivity index (χ3n) is 3.64. The number of nitrogens with zero attached hydrogens (tertiary/aromatic N) is 2. The lowest BCUT2D eigenvalue weighted by Crippen LogP contribution is -2.40. The van der Waals surface area contributed by atoms with Gasteiger partial charge in [0.25, 0.3) is 5.89 Å². The summed E-state index contributed by atoms with van der Waals surface area (Å²) in [5.41, 5.74) is 0.921. The van der Waals surface area contributed by atoms with Gasteiger partial charge in [0.15, 0.2) is 5.82 Å². The van der Waals surface area contributed by atoms with Crippen LogP contribution in [-0.4, -0.2) is 37.2 Å². The first-order chi connectivity index (χ1) is 11.5. The Morgan fingerprint density at radius 2 is 1.96 bits per heavy atom. The molecule has 1 aromatic carbocycles. The number of hydrogen-bond donors (Lipinski definition) is 2. The minimum absolute atomic E-state index is 0.173. The van der Waals surface area contributed by atoms with E-state index in [4.69, 9.17) is 4.52 Å². The van der Waals surface area contributed by atoms with Crippen LogP contribution in [0.4, 0.5) is 0 Å². The molecule has 25 heavy (non-hydrogen) atoms. The molecule has 0 aliphatic rings. The van der Waals surface area contributed by atoms with Crippen molar-refractivity contribution in [2.24, 2.45) is 0 Å². The predicted molar refractivity (Wildman–Crippen MR) is 96.8 cm³/mol. The van der Waals surface area contributed by atoms with E-state index in [1.807, 2.05) is 20.9 Å². The number of likely N-dealkylation sites (N-methyl/N-ethyl adjacent to an activating group) is 1. The van der Waals surface area contributed by atoms with Gasteiger partial charge in [-0.05, 0) is 59.4 Å². The lowest BCUT2D eigenvalue weighted by Gasteiger charge is -2.20. The highest BCUT2D eigenvalue weighted by atomic mass is 32.2. The molecule has 2 rings (SSSR count). The summed E-state index contributed by atoms with van der Waals surface area (Å²) in [7, 11) is -1.76. The zero-order valence-electron chi connectivity index (χ0n) is 15.5.